The van der Waals surface area contributed by atoms with Crippen molar-refractivity contribution < 1.29 is 9.59 Å². The van der Waals surface area contributed by atoms with E-state index in [0.29, 0.717) is 12.8 Å². The topological polar surface area (TPSA) is 46.2 Å². The first-order valence-corrected chi connectivity index (χ1v) is 4.49. The first kappa shape index (κ1) is 11.1. The van der Waals surface area contributed by atoms with Gasteiger partial charge in [-0.1, -0.05) is 13.8 Å². The van der Waals surface area contributed by atoms with Crippen LogP contribution in [0, 0.1) is 0 Å². The lowest BCUT2D eigenvalue weighted by atomic mass is 10.2. The molecule has 12 heavy (non-hydrogen) atoms. The fourth-order valence-corrected chi connectivity index (χ4v) is 0.880. The van der Waals surface area contributed by atoms with Gasteiger partial charge in [-0.3, -0.25) is 9.59 Å². The minimum atomic E-state index is -0.0260. The SMILES string of the molecule is CCCC(=O)CNC(=O)CCC. The third kappa shape index (κ3) is 5.89. The van der Waals surface area contributed by atoms with Crippen molar-refractivity contribution >= 4 is 11.7 Å². The van der Waals surface area contributed by atoms with E-state index in [9.17, 15) is 9.59 Å². The Labute approximate surface area is 73.5 Å². The van der Waals surface area contributed by atoms with E-state index in [1.54, 1.807) is 0 Å². The fraction of sp³-hybridized carbons (Fsp3) is 0.778. The molecule has 0 aromatic heterocycles. The van der Waals surface area contributed by atoms with E-state index in [4.69, 9.17) is 0 Å². The van der Waals surface area contributed by atoms with Crippen LogP contribution in [0.25, 0.3) is 0 Å². The monoisotopic (exact) mass is 171 g/mol. The number of hydrogen-bond donors (Lipinski definition) is 1. The van der Waals surface area contributed by atoms with Crippen molar-refractivity contribution in [2.24, 2.45) is 0 Å². The number of rotatable bonds is 6. The predicted molar refractivity (Wildman–Crippen MR) is 47.8 cm³/mol. The molecule has 0 atom stereocenters. The Bertz CT molecular complexity index is 137. The van der Waals surface area contributed by atoms with Crippen LogP contribution >= 0.6 is 0 Å². The molecule has 0 aliphatic carbocycles. The molecular weight excluding hydrogens is 154 g/mol. The standard InChI is InChI=1S/C9H17NO2/c1-3-5-8(11)7-10-9(12)6-4-2/h3-7H2,1-2H3,(H,10,12). The van der Waals surface area contributed by atoms with E-state index in [1.807, 2.05) is 13.8 Å². The summed E-state index contributed by atoms with van der Waals surface area (Å²) in [6.07, 6.45) is 2.75. The maximum atomic E-state index is 10.9. The number of hydrogen-bond acceptors (Lipinski definition) is 2. The maximum Gasteiger partial charge on any atom is 0.220 e. The summed E-state index contributed by atoms with van der Waals surface area (Å²) in [5.41, 5.74) is 0. The van der Waals surface area contributed by atoms with Crippen molar-refractivity contribution in [3.8, 4) is 0 Å². The lowest BCUT2D eigenvalue weighted by Crippen LogP contribution is -2.28. The van der Waals surface area contributed by atoms with Gasteiger partial charge in [0.2, 0.25) is 5.91 Å². The summed E-state index contributed by atoms with van der Waals surface area (Å²) in [6.45, 7) is 4.09. The average molecular weight is 171 g/mol. The Morgan fingerprint density at radius 2 is 1.67 bits per heavy atom. The molecular formula is C9H17NO2. The molecule has 0 aromatic rings. The predicted octanol–water partition coefficient (Wildman–Crippen LogP) is 1.27. The number of carbonyl (C=O) groups is 2. The summed E-state index contributed by atoms with van der Waals surface area (Å²) in [4.78, 5) is 21.8. The second-order valence-electron chi connectivity index (χ2n) is 2.82. The second-order valence-corrected chi connectivity index (χ2v) is 2.82. The molecule has 0 heterocycles. The Hall–Kier alpha value is -0.860. The number of nitrogens with one attached hydrogen (secondary N) is 1. The fourth-order valence-electron chi connectivity index (χ4n) is 0.880. The van der Waals surface area contributed by atoms with Gasteiger partial charge in [0.15, 0.2) is 5.78 Å². The van der Waals surface area contributed by atoms with Gasteiger partial charge in [0.05, 0.1) is 6.54 Å². The molecule has 0 saturated heterocycles. The molecule has 0 radical (unpaired) electrons. The van der Waals surface area contributed by atoms with Crippen LogP contribution in [-0.4, -0.2) is 18.2 Å². The van der Waals surface area contributed by atoms with Crippen LogP contribution in [-0.2, 0) is 9.59 Å². The first-order valence-electron chi connectivity index (χ1n) is 4.49. The molecule has 0 saturated carbocycles. The molecule has 3 nitrogen and oxygen atoms in total. The lowest BCUT2D eigenvalue weighted by Gasteiger charge is -2.01. The molecule has 0 spiro atoms. The molecule has 0 bridgehead atoms. The molecule has 0 unspecified atom stereocenters. The molecule has 0 aliphatic rings. The Morgan fingerprint density at radius 1 is 1.08 bits per heavy atom. The Balaban J connectivity index is 3.40. The van der Waals surface area contributed by atoms with Gasteiger partial charge < -0.3 is 5.32 Å². The van der Waals surface area contributed by atoms with Crippen molar-refractivity contribution in [3.05, 3.63) is 0 Å². The van der Waals surface area contributed by atoms with Crippen LogP contribution < -0.4 is 5.32 Å². The molecule has 1 amide bonds. The smallest absolute Gasteiger partial charge is 0.220 e. The van der Waals surface area contributed by atoms with Crippen molar-refractivity contribution in [2.45, 2.75) is 39.5 Å². The van der Waals surface area contributed by atoms with Gasteiger partial charge in [0.25, 0.3) is 0 Å². The summed E-state index contributed by atoms with van der Waals surface area (Å²) < 4.78 is 0. The highest BCUT2D eigenvalue weighted by atomic mass is 16.2. The Morgan fingerprint density at radius 3 is 2.17 bits per heavy atom. The highest BCUT2D eigenvalue weighted by Crippen LogP contribution is 1.89. The van der Waals surface area contributed by atoms with E-state index in [2.05, 4.69) is 5.32 Å². The zero-order valence-corrected chi connectivity index (χ0v) is 7.85. The van der Waals surface area contributed by atoms with Crippen LogP contribution in [0.2, 0.25) is 0 Å². The summed E-state index contributed by atoms with van der Waals surface area (Å²) >= 11 is 0. The Kier molecular flexibility index (Phi) is 6.34. The maximum absolute atomic E-state index is 10.9. The quantitative estimate of drug-likeness (QED) is 0.654. The van der Waals surface area contributed by atoms with Gasteiger partial charge in [-0.05, 0) is 12.8 Å². The van der Waals surface area contributed by atoms with Crippen molar-refractivity contribution in [2.75, 3.05) is 6.54 Å². The minimum absolute atomic E-state index is 0.0260. The normalized spacial score (nSPS) is 9.50. The lowest BCUT2D eigenvalue weighted by molar-refractivity contribution is -0.125. The third-order valence-corrected chi connectivity index (χ3v) is 1.49. The summed E-state index contributed by atoms with van der Waals surface area (Å²) in [5, 5.41) is 2.58. The second kappa shape index (κ2) is 6.83. The zero-order chi connectivity index (χ0) is 9.40. The molecule has 0 fully saturated rings. The summed E-state index contributed by atoms with van der Waals surface area (Å²) in [5.74, 6) is 0.0870. The van der Waals surface area contributed by atoms with E-state index in [-0.39, 0.29) is 18.2 Å². The molecule has 0 aliphatic heterocycles. The van der Waals surface area contributed by atoms with E-state index in [1.165, 1.54) is 0 Å². The number of carbonyl (C=O) groups excluding carboxylic acids is 2. The van der Waals surface area contributed by atoms with Crippen LogP contribution in [0.15, 0.2) is 0 Å². The van der Waals surface area contributed by atoms with Gasteiger partial charge in [-0.15, -0.1) is 0 Å². The molecule has 0 rings (SSSR count). The third-order valence-electron chi connectivity index (χ3n) is 1.49. The van der Waals surface area contributed by atoms with Gasteiger partial charge in [-0.2, -0.15) is 0 Å². The largest absolute Gasteiger partial charge is 0.349 e. The number of Topliss-reactive ketones (excluding diaryl/α,β-unsaturated/α-hetero) is 1. The van der Waals surface area contributed by atoms with Gasteiger partial charge in [0.1, 0.15) is 0 Å². The van der Waals surface area contributed by atoms with Crippen LogP contribution in [0.3, 0.4) is 0 Å². The van der Waals surface area contributed by atoms with Gasteiger partial charge in [0, 0.05) is 12.8 Å². The number of amides is 1. The van der Waals surface area contributed by atoms with Crippen LogP contribution in [0.5, 0.6) is 0 Å². The van der Waals surface area contributed by atoms with Crippen LogP contribution in [0.1, 0.15) is 39.5 Å². The van der Waals surface area contributed by atoms with Gasteiger partial charge >= 0.3 is 0 Å². The van der Waals surface area contributed by atoms with Crippen molar-refractivity contribution in [3.63, 3.8) is 0 Å². The first-order chi connectivity index (χ1) is 5.70. The highest BCUT2D eigenvalue weighted by Gasteiger charge is 2.02. The molecule has 1 N–H and O–H groups in total. The molecule has 0 aromatic carbocycles. The summed E-state index contributed by atoms with van der Waals surface area (Å²) in [6, 6.07) is 0. The van der Waals surface area contributed by atoms with Crippen LogP contribution in [0.4, 0.5) is 0 Å². The van der Waals surface area contributed by atoms with Gasteiger partial charge in [-0.25, -0.2) is 0 Å². The highest BCUT2D eigenvalue weighted by molar-refractivity contribution is 5.85. The average Bonchev–Trinajstić information content (AvgIpc) is 2.02. The van der Waals surface area contributed by atoms with Crippen molar-refractivity contribution in [1.29, 1.82) is 0 Å². The molecule has 3 heteroatoms. The van der Waals surface area contributed by atoms with Crippen molar-refractivity contribution in [1.82, 2.24) is 5.32 Å². The zero-order valence-electron chi connectivity index (χ0n) is 7.85. The number of ketones is 1. The summed E-state index contributed by atoms with van der Waals surface area (Å²) in [7, 11) is 0. The van der Waals surface area contributed by atoms with E-state index >= 15 is 0 Å². The van der Waals surface area contributed by atoms with E-state index < -0.39 is 0 Å². The van der Waals surface area contributed by atoms with E-state index in [0.717, 1.165) is 12.8 Å². The minimum Gasteiger partial charge on any atom is -0.349 e. The molecule has 70 valence electrons.